The van der Waals surface area contributed by atoms with Crippen molar-refractivity contribution in [3.05, 3.63) is 88.1 Å². The molecule has 2 N–H and O–H groups in total. The van der Waals surface area contributed by atoms with Gasteiger partial charge in [0.2, 0.25) is 0 Å². The van der Waals surface area contributed by atoms with Gasteiger partial charge in [0.15, 0.2) is 5.78 Å². The van der Waals surface area contributed by atoms with Gasteiger partial charge in [0, 0.05) is 36.9 Å². The molecular formula is C28H30FN3O3. The summed E-state index contributed by atoms with van der Waals surface area (Å²) >= 11 is 0. The third kappa shape index (κ3) is 4.94. The number of Topliss-reactive ketones (excluding diaryl/α,β-unsaturated/α-hetero) is 1. The fraction of sp³-hybridized carbons (Fsp3) is 0.357. The van der Waals surface area contributed by atoms with E-state index in [1.165, 1.54) is 6.07 Å². The summed E-state index contributed by atoms with van der Waals surface area (Å²) in [6.45, 7) is 5.12. The summed E-state index contributed by atoms with van der Waals surface area (Å²) in [5.41, 5.74) is 9.42. The zero-order valence-electron chi connectivity index (χ0n) is 20.3. The number of benzene rings is 2. The molecule has 7 heteroatoms. The fourth-order valence-corrected chi connectivity index (χ4v) is 4.88. The Bertz CT molecular complexity index is 1220. The Morgan fingerprint density at radius 1 is 1.17 bits per heavy atom. The number of halogens is 1. The number of hydrogen-bond donors (Lipinski definition) is 1. The lowest BCUT2D eigenvalue weighted by molar-refractivity contribution is -0.118. The highest BCUT2D eigenvalue weighted by Gasteiger charge is 2.44. The molecule has 0 amide bonds. The highest BCUT2D eigenvalue weighted by atomic mass is 19.1. The molecule has 1 heterocycles. The first-order valence-electron chi connectivity index (χ1n) is 11.6. The van der Waals surface area contributed by atoms with Crippen molar-refractivity contribution >= 4 is 5.78 Å². The normalized spacial score (nSPS) is 19.5. The topological polar surface area (TPSA) is 88.6 Å². The number of nitriles is 1. The van der Waals surface area contributed by atoms with E-state index < -0.39 is 5.92 Å². The monoisotopic (exact) mass is 475 g/mol. The van der Waals surface area contributed by atoms with Gasteiger partial charge in [0.05, 0.1) is 24.2 Å². The van der Waals surface area contributed by atoms with Crippen molar-refractivity contribution in [3.63, 3.8) is 0 Å². The first kappa shape index (κ1) is 24.5. The van der Waals surface area contributed by atoms with Gasteiger partial charge in [-0.1, -0.05) is 44.2 Å². The van der Waals surface area contributed by atoms with Crippen LogP contribution in [0.25, 0.3) is 0 Å². The van der Waals surface area contributed by atoms with Crippen LogP contribution in [-0.2, 0) is 16.1 Å². The van der Waals surface area contributed by atoms with Crippen molar-refractivity contribution in [2.45, 2.75) is 39.2 Å². The van der Waals surface area contributed by atoms with Crippen molar-refractivity contribution in [3.8, 4) is 11.8 Å². The first-order chi connectivity index (χ1) is 16.8. The predicted molar refractivity (Wildman–Crippen MR) is 130 cm³/mol. The number of carbonyl (C=O) groups excluding carboxylic acids is 1. The minimum atomic E-state index is -0.544. The van der Waals surface area contributed by atoms with Crippen molar-refractivity contribution in [2.24, 2.45) is 11.1 Å². The van der Waals surface area contributed by atoms with Gasteiger partial charge >= 0.3 is 0 Å². The Kier molecular flexibility index (Phi) is 6.95. The number of rotatable bonds is 7. The molecule has 2 aromatic carbocycles. The Morgan fingerprint density at radius 3 is 2.54 bits per heavy atom. The van der Waals surface area contributed by atoms with E-state index in [1.807, 2.05) is 17.0 Å². The van der Waals surface area contributed by atoms with E-state index in [1.54, 1.807) is 37.4 Å². The van der Waals surface area contributed by atoms with Crippen LogP contribution in [0.2, 0.25) is 0 Å². The van der Waals surface area contributed by atoms with Crippen molar-refractivity contribution < 1.29 is 18.7 Å². The Balaban J connectivity index is 1.68. The van der Waals surface area contributed by atoms with Gasteiger partial charge in [-0.25, -0.2) is 4.39 Å². The van der Waals surface area contributed by atoms with Gasteiger partial charge in [-0.05, 0) is 35.6 Å². The van der Waals surface area contributed by atoms with Gasteiger partial charge in [-0.3, -0.25) is 4.79 Å². The van der Waals surface area contributed by atoms with Crippen LogP contribution in [0.1, 0.15) is 43.7 Å². The van der Waals surface area contributed by atoms with Crippen LogP contribution in [0.4, 0.5) is 4.39 Å². The summed E-state index contributed by atoms with van der Waals surface area (Å²) in [5, 5.41) is 10.1. The van der Waals surface area contributed by atoms with E-state index >= 15 is 0 Å². The summed E-state index contributed by atoms with van der Waals surface area (Å²) < 4.78 is 24.9. The molecule has 0 spiro atoms. The molecule has 0 unspecified atom stereocenters. The van der Waals surface area contributed by atoms with E-state index in [2.05, 4.69) is 19.9 Å². The number of nitrogens with zero attached hydrogens (tertiary/aromatic N) is 2. The van der Waals surface area contributed by atoms with Crippen LogP contribution in [0.5, 0.6) is 5.75 Å². The number of methoxy groups -OCH3 is 1. The molecule has 35 heavy (non-hydrogen) atoms. The van der Waals surface area contributed by atoms with Crippen LogP contribution in [-0.4, -0.2) is 30.9 Å². The lowest BCUT2D eigenvalue weighted by atomic mass is 9.68. The largest absolute Gasteiger partial charge is 0.489 e. The van der Waals surface area contributed by atoms with Crippen LogP contribution in [0.3, 0.4) is 0 Å². The molecular weight excluding hydrogens is 445 g/mol. The van der Waals surface area contributed by atoms with E-state index in [-0.39, 0.29) is 23.6 Å². The van der Waals surface area contributed by atoms with E-state index in [4.69, 9.17) is 15.2 Å². The molecule has 2 aromatic rings. The van der Waals surface area contributed by atoms with Gasteiger partial charge in [0.1, 0.15) is 24.0 Å². The number of nitrogens with two attached hydrogens (primary N) is 1. The molecule has 1 aliphatic heterocycles. The highest BCUT2D eigenvalue weighted by Crippen LogP contribution is 2.49. The number of allylic oxidation sites excluding steroid dienone is 3. The van der Waals surface area contributed by atoms with E-state index in [9.17, 15) is 14.4 Å². The lowest BCUT2D eigenvalue weighted by Gasteiger charge is -2.43. The molecule has 6 nitrogen and oxygen atoms in total. The van der Waals surface area contributed by atoms with E-state index in [0.717, 1.165) is 11.3 Å². The number of carbonyl (C=O) groups is 1. The lowest BCUT2D eigenvalue weighted by Crippen LogP contribution is -2.43. The van der Waals surface area contributed by atoms with Crippen LogP contribution in [0.15, 0.2) is 71.2 Å². The van der Waals surface area contributed by atoms with Crippen LogP contribution >= 0.6 is 0 Å². The van der Waals surface area contributed by atoms with Gasteiger partial charge in [0.25, 0.3) is 0 Å². The summed E-state index contributed by atoms with van der Waals surface area (Å²) in [4.78, 5) is 15.3. The fourth-order valence-electron chi connectivity index (χ4n) is 4.88. The minimum absolute atomic E-state index is 0.0313. The van der Waals surface area contributed by atoms with Crippen molar-refractivity contribution in [2.75, 3.05) is 20.3 Å². The molecule has 182 valence electrons. The molecule has 2 aliphatic rings. The molecule has 0 saturated carbocycles. The van der Waals surface area contributed by atoms with Crippen LogP contribution in [0, 0.1) is 22.6 Å². The number of ether oxygens (including phenoxy) is 2. The van der Waals surface area contributed by atoms with Crippen molar-refractivity contribution in [1.82, 2.24) is 4.90 Å². The maximum Gasteiger partial charge on any atom is 0.162 e. The summed E-state index contributed by atoms with van der Waals surface area (Å²) in [7, 11) is 1.61. The van der Waals surface area contributed by atoms with Crippen molar-refractivity contribution in [1.29, 1.82) is 5.26 Å². The summed E-state index contributed by atoms with van der Waals surface area (Å²) in [6.07, 6.45) is 1.08. The molecule has 0 bridgehead atoms. The number of ketones is 1. The Hall–Kier alpha value is -3.63. The third-order valence-electron chi connectivity index (χ3n) is 6.57. The van der Waals surface area contributed by atoms with Gasteiger partial charge < -0.3 is 20.1 Å². The average molecular weight is 476 g/mol. The van der Waals surface area contributed by atoms with Gasteiger partial charge in [-0.15, -0.1) is 0 Å². The maximum atomic E-state index is 13.9. The predicted octanol–water partition coefficient (Wildman–Crippen LogP) is 4.79. The van der Waals surface area contributed by atoms with E-state index in [0.29, 0.717) is 54.3 Å². The molecule has 0 fully saturated rings. The first-order valence-corrected chi connectivity index (χ1v) is 11.6. The molecule has 1 aliphatic carbocycles. The molecule has 1 atom stereocenters. The second kappa shape index (κ2) is 9.93. The van der Waals surface area contributed by atoms with Crippen LogP contribution < -0.4 is 10.5 Å². The SMILES string of the molecule is COCCN1C(N)=C(C#N)[C@@H](c2ccc(OCc3ccccc3F)cc2)C2=C1CC(C)(C)CC2=O. The number of hydrogen-bond acceptors (Lipinski definition) is 6. The quantitative estimate of drug-likeness (QED) is 0.620. The second-order valence-electron chi connectivity index (χ2n) is 9.74. The smallest absolute Gasteiger partial charge is 0.162 e. The average Bonchev–Trinajstić information content (AvgIpc) is 2.82. The zero-order chi connectivity index (χ0) is 25.2. The summed E-state index contributed by atoms with van der Waals surface area (Å²) in [6, 6.07) is 16.0. The molecule has 4 rings (SSSR count). The maximum absolute atomic E-state index is 13.9. The Labute approximate surface area is 205 Å². The second-order valence-corrected chi connectivity index (χ2v) is 9.74. The molecule has 0 aromatic heterocycles. The standard InChI is InChI=1S/C28H30FN3O3/c1-28(2)14-23-26(24(33)15-28)25(21(16-30)27(31)32(23)12-13-34-3)18-8-10-20(11-9-18)35-17-19-6-4-5-7-22(19)29/h4-11,25H,12-15,17,31H2,1-3H3/t25-/m1/s1. The summed E-state index contributed by atoms with van der Waals surface area (Å²) in [5.74, 6) is 0.0950. The van der Waals surface area contributed by atoms with Gasteiger partial charge in [-0.2, -0.15) is 5.26 Å². The molecule has 0 radical (unpaired) electrons. The third-order valence-corrected chi connectivity index (χ3v) is 6.57. The Morgan fingerprint density at radius 2 is 1.89 bits per heavy atom. The molecule has 0 saturated heterocycles. The highest BCUT2D eigenvalue weighted by molar-refractivity contribution is 6.00. The minimum Gasteiger partial charge on any atom is -0.489 e. The zero-order valence-corrected chi connectivity index (χ0v) is 20.3.